The van der Waals surface area contributed by atoms with Crippen LogP contribution in [0.25, 0.3) is 44.2 Å². The van der Waals surface area contributed by atoms with Gasteiger partial charge in [-0.05, 0) is 260 Å². The molecule has 0 radical (unpaired) electrons. The Morgan fingerprint density at radius 2 is 0.485 bits per heavy atom. The molecule has 0 aliphatic heterocycles. The second-order valence-electron chi connectivity index (χ2n) is 39.1. The number of hydrogen-bond donors (Lipinski definition) is 0. The molecule has 670 valence electrons. The number of fused-ring (bicyclic) bond motifs is 10. The third-order valence-corrected chi connectivity index (χ3v) is 31.4. The van der Waals surface area contributed by atoms with Gasteiger partial charge in [-0.15, -0.1) is 0 Å². The molecule has 0 nitrogen and oxygen atoms in total. The Morgan fingerprint density at radius 1 is 0.200 bits per heavy atom. The first kappa shape index (κ1) is 89.0. The van der Waals surface area contributed by atoms with Crippen LogP contribution in [0.5, 0.6) is 0 Å². The van der Waals surface area contributed by atoms with Crippen LogP contribution in [-0.4, -0.2) is 24.2 Å². The minimum atomic E-state index is -2.06. The highest BCUT2D eigenvalue weighted by molar-refractivity contribution is 7.10. The first-order valence-corrected chi connectivity index (χ1v) is 56.1. The average Bonchev–Trinajstić information content (AvgIpc) is 1.56. The fraction of sp³-hybridized carbons (Fsp3) is 0.260. The molecule has 0 spiro atoms. The van der Waals surface area contributed by atoms with Crippen LogP contribution in [-0.2, 0) is 16.2 Å². The number of aryl methyl sites for hydroxylation is 16. The first-order chi connectivity index (χ1) is 65.2. The molecule has 0 amide bonds. The van der Waals surface area contributed by atoms with E-state index in [2.05, 4.69) is 385 Å². The van der Waals surface area contributed by atoms with E-state index < -0.39 is 61.0 Å². The highest BCUT2D eigenvalue weighted by Gasteiger charge is 2.39. The van der Waals surface area contributed by atoms with Crippen LogP contribution in [0.3, 0.4) is 0 Å². The van der Waals surface area contributed by atoms with Crippen LogP contribution in [0.1, 0.15) is 176 Å². The summed E-state index contributed by atoms with van der Waals surface area (Å²) in [6, 6.07) is 126. The van der Waals surface area contributed by atoms with E-state index in [4.69, 9.17) is 12.3 Å². The maximum Gasteiger partial charge on any atom is 0.145 e. The highest BCUT2D eigenvalue weighted by atomic mass is 28.3. The zero-order valence-corrected chi connectivity index (χ0v) is 86.1. The molecule has 3 aliphatic rings. The highest BCUT2D eigenvalue weighted by Crippen LogP contribution is 2.52. The summed E-state index contributed by atoms with van der Waals surface area (Å²) in [4.78, 5) is 0. The fourth-order valence-electron chi connectivity index (χ4n) is 16.6. The van der Waals surface area contributed by atoms with Crippen molar-refractivity contribution in [2.24, 2.45) is 0 Å². The Balaban J connectivity index is 0.000000175. The van der Waals surface area contributed by atoms with Crippen molar-refractivity contribution < 1.29 is 12.3 Å². The van der Waals surface area contributed by atoms with Gasteiger partial charge in [-0.1, -0.05) is 496 Å². The van der Waals surface area contributed by atoms with Crippen LogP contribution < -0.4 is 20.7 Å². The molecule has 16 aromatic rings. The summed E-state index contributed by atoms with van der Waals surface area (Å²) >= 11 is 0. The largest absolute Gasteiger partial charge is 0.145 e. The number of hydrogen-bond acceptors (Lipinski definition) is 0. The summed E-state index contributed by atoms with van der Waals surface area (Å²) in [6.07, 6.45) is 0. The van der Waals surface area contributed by atoms with Crippen LogP contribution >= 0.6 is 0 Å². The minimum Gasteiger partial charge on any atom is -0.0697 e. The molecular formula is C127H150Si3. The van der Waals surface area contributed by atoms with Gasteiger partial charge in [-0.3, -0.25) is 0 Å². The van der Waals surface area contributed by atoms with Gasteiger partial charge >= 0.3 is 0 Å². The lowest BCUT2D eigenvalue weighted by Crippen LogP contribution is -2.64. The van der Waals surface area contributed by atoms with Gasteiger partial charge in [0.25, 0.3) is 0 Å². The topological polar surface area (TPSA) is 0 Å². The smallest absolute Gasteiger partial charge is 0.0697 e. The van der Waals surface area contributed by atoms with E-state index in [1.54, 1.807) is 5.19 Å². The van der Waals surface area contributed by atoms with Crippen LogP contribution in [0, 0.1) is 111 Å². The molecule has 3 aliphatic carbocycles. The van der Waals surface area contributed by atoms with Crippen molar-refractivity contribution in [1.82, 2.24) is 0 Å². The molecule has 0 aromatic heterocycles. The molecule has 0 heterocycles. The molecule has 19 rings (SSSR count). The second-order valence-corrected chi connectivity index (χ2v) is 54.2. The van der Waals surface area contributed by atoms with E-state index in [0.29, 0.717) is 0 Å². The van der Waals surface area contributed by atoms with Crippen molar-refractivity contribution in [3.05, 3.63) is 486 Å². The Morgan fingerprint density at radius 3 is 0.885 bits per heavy atom. The average molecular weight is 1770 g/mol. The molecule has 0 N–H and O–H groups in total. The van der Waals surface area contributed by atoms with E-state index in [9.17, 15) is 0 Å². The van der Waals surface area contributed by atoms with Crippen molar-refractivity contribution in [3.8, 4) is 33.4 Å². The monoisotopic (exact) mass is 1770 g/mol. The normalized spacial score (nSPS) is 15.9. The van der Waals surface area contributed by atoms with E-state index in [1.165, 1.54) is 98.7 Å². The summed E-state index contributed by atoms with van der Waals surface area (Å²) in [5.74, 6) is 0. The van der Waals surface area contributed by atoms with Crippen molar-refractivity contribution in [2.45, 2.75) is 221 Å². The van der Waals surface area contributed by atoms with Gasteiger partial charge in [0, 0.05) is 36.7 Å². The Hall–Kier alpha value is -11.6. The molecule has 16 aromatic carbocycles. The number of rotatable bonds is 4. The standard InChI is InChI=1S/C19H18Si.3C16H16.C12H12.C10H16Si.2C9H12.2C8H10.C4H12Si/c1-20(17-11-5-2-6-12-17,18-13-7-3-8-14-18)19-15-9-4-10-16-19;1-11-7-6-9-13-12-8-4-5-10-14(12)16(2,3)15(11)13;1-11-7-6-10-14-15(11)12-8-4-5-9-13(12)16(14,2)3;1-11-8-9-15-13(10-11)12-6-4-5-7-14(12)16(15,2)3;1-9-3-5-12-8-10(2)4-6-11(12)7-9;1-9-5-7-10(8-6-9)11(2,3)4;2*1-7-4-5-8(2)9(3)6-7;2*1-7-5-3-4-6-8(7)2;1-5(2,3)4/h2-16H,1H3;3*4-10H,1-3H3;3-8H,1-2H3;5-8H,1-4H3;2*4-6H,1-3H3;2*3-6H,1-2H3;1-4H3/i;3*2D3;;;;;;;. The summed E-state index contributed by atoms with van der Waals surface area (Å²) in [7, 11) is -3.55. The zero-order valence-electron chi connectivity index (χ0n) is 92.1. The van der Waals surface area contributed by atoms with Gasteiger partial charge in [0.1, 0.15) is 8.07 Å². The van der Waals surface area contributed by atoms with Crippen LogP contribution in [0.4, 0.5) is 0 Å². The predicted molar refractivity (Wildman–Crippen MR) is 586 cm³/mol. The van der Waals surface area contributed by atoms with E-state index in [-0.39, 0.29) is 0 Å². The zero-order chi connectivity index (χ0) is 103. The number of benzene rings is 16. The van der Waals surface area contributed by atoms with Crippen molar-refractivity contribution in [2.75, 3.05) is 0 Å². The van der Waals surface area contributed by atoms with Gasteiger partial charge in [-0.25, -0.2) is 0 Å². The Kier molecular flexibility index (Phi) is 31.4. The van der Waals surface area contributed by atoms with Gasteiger partial charge in [0.2, 0.25) is 0 Å². The fourth-order valence-corrected chi connectivity index (χ4v) is 21.4. The lowest BCUT2D eigenvalue weighted by molar-refractivity contribution is 0.655. The summed E-state index contributed by atoms with van der Waals surface area (Å²) in [6.45, 7) is 51.9. The summed E-state index contributed by atoms with van der Waals surface area (Å²) < 4.78 is 71.9. The molecule has 3 heteroatoms. The SMILES string of the molecule is C[Si](C)(C)C.C[Si](c1ccccc1)(c1ccccc1)c1ccccc1.Cc1ccc(C)c(C)c1.Cc1ccc(C)c(C)c1.Cc1ccc([Si](C)(C)C)cc1.Cc1ccc2cc(C)ccc2c1.Cc1ccccc1C.Cc1ccccc1C.[2H]C([2H])([2H])C1(C)c2ccccc2-c2c(C)cccc21.[2H]C([2H])([2H])C1(C)c2ccccc2-c2cc(C)ccc21.[2H]C([2H])([2H])C1(C)c2ccccc2-c2cccc(C)c21. The van der Waals surface area contributed by atoms with Crippen molar-refractivity contribution in [1.29, 1.82) is 0 Å². The third kappa shape index (κ3) is 27.3. The van der Waals surface area contributed by atoms with E-state index in [0.717, 1.165) is 83.5 Å². The van der Waals surface area contributed by atoms with Crippen molar-refractivity contribution >= 4 is 55.7 Å². The lowest BCUT2D eigenvalue weighted by Gasteiger charge is -2.29. The predicted octanol–water partition coefficient (Wildman–Crippen LogP) is 33.5. The van der Waals surface area contributed by atoms with Crippen LogP contribution in [0.2, 0.25) is 52.4 Å². The van der Waals surface area contributed by atoms with Crippen molar-refractivity contribution in [3.63, 3.8) is 0 Å². The maximum atomic E-state index is 8.02. The molecule has 130 heavy (non-hydrogen) atoms. The van der Waals surface area contributed by atoms with Crippen LogP contribution in [0.15, 0.2) is 364 Å². The molecule has 3 unspecified atom stereocenters. The molecule has 3 atom stereocenters. The quantitative estimate of drug-likeness (QED) is 0.122. The Bertz CT molecular complexity index is 6450. The van der Waals surface area contributed by atoms with Gasteiger partial charge in [0.05, 0.1) is 8.07 Å². The van der Waals surface area contributed by atoms with E-state index in [1.807, 2.05) is 163 Å². The minimum absolute atomic E-state index is 0.611. The molecule has 0 saturated heterocycles. The molecule has 0 bridgehead atoms. The summed E-state index contributed by atoms with van der Waals surface area (Å²) in [5, 5.41) is 8.58. The summed E-state index contributed by atoms with van der Waals surface area (Å²) in [5.41, 5.74) is 30.2. The van der Waals surface area contributed by atoms with E-state index >= 15 is 0 Å². The second kappa shape index (κ2) is 45.8. The van der Waals surface area contributed by atoms with Gasteiger partial charge < -0.3 is 0 Å². The van der Waals surface area contributed by atoms with Gasteiger partial charge in [0.15, 0.2) is 0 Å². The van der Waals surface area contributed by atoms with Gasteiger partial charge in [-0.2, -0.15) is 0 Å². The lowest BCUT2D eigenvalue weighted by atomic mass is 9.80. The third-order valence-electron chi connectivity index (χ3n) is 24.8. The Labute approximate surface area is 803 Å². The molecule has 0 fully saturated rings. The molecule has 0 saturated carbocycles. The molecular weight excluding hydrogens is 1610 g/mol. The maximum absolute atomic E-state index is 8.02. The first-order valence-electron chi connectivity index (χ1n) is 50.6.